The van der Waals surface area contributed by atoms with Crippen molar-refractivity contribution in [3.63, 3.8) is 0 Å². The van der Waals surface area contributed by atoms with E-state index in [1.54, 1.807) is 24.3 Å². The molecule has 3 aromatic rings. The van der Waals surface area contributed by atoms with Crippen molar-refractivity contribution in [2.45, 2.75) is 101 Å². The number of carboxylic acids is 1. The third kappa shape index (κ3) is 8.63. The molecule has 4 N–H and O–H groups in total. The molecule has 3 aromatic carbocycles. The predicted molar refractivity (Wildman–Crippen MR) is 173 cm³/mol. The van der Waals surface area contributed by atoms with Gasteiger partial charge >= 0.3 is 12.1 Å². The van der Waals surface area contributed by atoms with Gasteiger partial charge in [0.1, 0.15) is 18.4 Å². The van der Waals surface area contributed by atoms with Gasteiger partial charge in [0.2, 0.25) is 0 Å². The summed E-state index contributed by atoms with van der Waals surface area (Å²) in [6.45, 7) is 0.129. The van der Waals surface area contributed by atoms with Crippen molar-refractivity contribution < 1.29 is 24.5 Å². The normalized spacial score (nSPS) is 17.5. The number of alkyl carbamates (subject to hydrolysis) is 1. The first-order chi connectivity index (χ1) is 21.5. The van der Waals surface area contributed by atoms with E-state index in [1.165, 1.54) is 64.2 Å². The van der Waals surface area contributed by atoms with Crippen LogP contribution in [-0.2, 0) is 16.0 Å². The number of carbonyl (C=O) groups is 2. The topological polar surface area (TPSA) is 108 Å². The van der Waals surface area contributed by atoms with Gasteiger partial charge in [-0.15, -0.1) is 0 Å². The van der Waals surface area contributed by atoms with Crippen LogP contribution in [0.3, 0.4) is 0 Å². The quantitative estimate of drug-likeness (QED) is 0.203. The van der Waals surface area contributed by atoms with E-state index in [2.05, 4.69) is 22.8 Å². The molecular formula is C37H46N2O5. The summed E-state index contributed by atoms with van der Waals surface area (Å²) in [5.74, 6) is -1.05. The molecule has 234 valence electrons. The smallest absolute Gasteiger partial charge is 0.407 e. The number of aliphatic carboxylic acids is 1. The van der Waals surface area contributed by atoms with Gasteiger partial charge < -0.3 is 25.6 Å². The van der Waals surface area contributed by atoms with E-state index in [4.69, 9.17) is 4.74 Å². The van der Waals surface area contributed by atoms with Gasteiger partial charge in [-0.25, -0.2) is 9.59 Å². The number of phenols is 1. The number of carbonyl (C=O) groups excluding carboxylic acids is 1. The summed E-state index contributed by atoms with van der Waals surface area (Å²) in [7, 11) is 0. The molecule has 3 aliphatic rings. The number of phenolic OH excluding ortho intramolecular Hbond substituents is 1. The number of ether oxygens (including phenoxy) is 1. The fourth-order valence-corrected chi connectivity index (χ4v) is 6.89. The van der Waals surface area contributed by atoms with Gasteiger partial charge in [0, 0.05) is 18.0 Å². The molecular weight excluding hydrogens is 552 g/mol. The molecule has 0 bridgehead atoms. The molecule has 0 spiro atoms. The first kappa shape index (κ1) is 31.6. The number of fused-ring (bicyclic) bond motifs is 3. The first-order valence-electron chi connectivity index (χ1n) is 16.4. The Labute approximate surface area is 261 Å². The Morgan fingerprint density at radius 1 is 0.750 bits per heavy atom. The summed E-state index contributed by atoms with van der Waals surface area (Å²) in [6.07, 6.45) is 14.5. The number of carboxylic acid groups (broad SMARTS) is 1. The van der Waals surface area contributed by atoms with Crippen molar-refractivity contribution in [2.75, 3.05) is 6.61 Å². The van der Waals surface area contributed by atoms with E-state index >= 15 is 0 Å². The Balaban J connectivity index is 0.000000245. The Hall–Kier alpha value is -3.84. The number of aromatic hydroxyl groups is 1. The first-order valence-corrected chi connectivity index (χ1v) is 16.4. The van der Waals surface area contributed by atoms with Crippen LogP contribution in [0.1, 0.15) is 93.2 Å². The van der Waals surface area contributed by atoms with Crippen LogP contribution in [0.4, 0.5) is 4.79 Å². The van der Waals surface area contributed by atoms with Crippen LogP contribution >= 0.6 is 0 Å². The number of hydrogen-bond acceptors (Lipinski definition) is 5. The Kier molecular flexibility index (Phi) is 11.3. The standard InChI is InChI=1S/C25H23NO5.C12H23N/c27-17-12-9-16(10-13-17)11-14-23(24(28)29)26-25(30)31-15-22-20-7-3-1-5-18(20)19-6-2-4-8-21(19)22;1-3-7-11(8-4-1)13-12-9-5-2-6-10-12/h1-10,12-13,22-23,27H,11,14-15H2,(H,26,30)(H,28,29);11-13H,1-10H2/t23-;/m0./s1. The summed E-state index contributed by atoms with van der Waals surface area (Å²) in [6, 6.07) is 23.3. The lowest BCUT2D eigenvalue weighted by atomic mass is 9.91. The second-order valence-corrected chi connectivity index (χ2v) is 12.4. The Bertz CT molecular complexity index is 1300. The molecule has 0 aliphatic heterocycles. The molecule has 44 heavy (non-hydrogen) atoms. The second-order valence-electron chi connectivity index (χ2n) is 12.4. The number of nitrogens with one attached hydrogen (secondary N) is 2. The predicted octanol–water partition coefficient (Wildman–Crippen LogP) is 7.56. The summed E-state index contributed by atoms with van der Waals surface area (Å²) < 4.78 is 5.44. The highest BCUT2D eigenvalue weighted by Gasteiger charge is 2.29. The van der Waals surface area contributed by atoms with Crippen LogP contribution in [0.2, 0.25) is 0 Å². The van der Waals surface area contributed by atoms with E-state index < -0.39 is 18.1 Å². The van der Waals surface area contributed by atoms with Crippen molar-refractivity contribution in [2.24, 2.45) is 0 Å². The summed E-state index contributed by atoms with van der Waals surface area (Å²) in [5, 5.41) is 25.1. The maximum absolute atomic E-state index is 12.4. The highest BCUT2D eigenvalue weighted by Crippen LogP contribution is 2.44. The highest BCUT2D eigenvalue weighted by molar-refractivity contribution is 5.81. The maximum atomic E-state index is 12.4. The number of amides is 1. The zero-order valence-corrected chi connectivity index (χ0v) is 25.5. The van der Waals surface area contributed by atoms with E-state index in [0.29, 0.717) is 6.42 Å². The van der Waals surface area contributed by atoms with E-state index in [-0.39, 0.29) is 24.7 Å². The lowest BCUT2D eigenvalue weighted by molar-refractivity contribution is -0.139. The molecule has 2 fully saturated rings. The lowest BCUT2D eigenvalue weighted by Crippen LogP contribution is -2.41. The number of hydrogen-bond donors (Lipinski definition) is 4. The van der Waals surface area contributed by atoms with E-state index in [9.17, 15) is 19.8 Å². The van der Waals surface area contributed by atoms with Gasteiger partial charge in [-0.05, 0) is 78.5 Å². The Morgan fingerprint density at radius 2 is 1.27 bits per heavy atom. The van der Waals surface area contributed by atoms with Crippen LogP contribution in [0.25, 0.3) is 11.1 Å². The van der Waals surface area contributed by atoms with Crippen molar-refractivity contribution in [3.8, 4) is 16.9 Å². The van der Waals surface area contributed by atoms with Crippen molar-refractivity contribution >= 4 is 12.1 Å². The van der Waals surface area contributed by atoms with Gasteiger partial charge in [-0.1, -0.05) is 99.2 Å². The monoisotopic (exact) mass is 598 g/mol. The molecule has 7 heteroatoms. The van der Waals surface area contributed by atoms with E-state index in [1.807, 2.05) is 36.4 Å². The highest BCUT2D eigenvalue weighted by atomic mass is 16.5. The minimum Gasteiger partial charge on any atom is -0.508 e. The third-order valence-corrected chi connectivity index (χ3v) is 9.27. The zero-order chi connectivity index (χ0) is 30.7. The molecule has 0 saturated heterocycles. The summed E-state index contributed by atoms with van der Waals surface area (Å²) in [4.78, 5) is 24.0. The molecule has 2 saturated carbocycles. The van der Waals surface area contributed by atoms with Crippen LogP contribution in [0.15, 0.2) is 72.8 Å². The van der Waals surface area contributed by atoms with E-state index in [0.717, 1.165) is 39.9 Å². The maximum Gasteiger partial charge on any atom is 0.407 e. The zero-order valence-electron chi connectivity index (χ0n) is 25.5. The summed E-state index contributed by atoms with van der Waals surface area (Å²) in [5.41, 5.74) is 5.32. The molecule has 3 aliphatic carbocycles. The summed E-state index contributed by atoms with van der Waals surface area (Å²) >= 11 is 0. The average Bonchev–Trinajstić information content (AvgIpc) is 3.37. The van der Waals surface area contributed by atoms with Gasteiger partial charge in [-0.2, -0.15) is 0 Å². The van der Waals surface area contributed by atoms with Crippen LogP contribution < -0.4 is 10.6 Å². The largest absolute Gasteiger partial charge is 0.508 e. The molecule has 6 rings (SSSR count). The van der Waals surface area contributed by atoms with Gasteiger partial charge in [-0.3, -0.25) is 0 Å². The molecule has 0 unspecified atom stereocenters. The molecule has 1 amide bonds. The van der Waals surface area contributed by atoms with Crippen LogP contribution in [0.5, 0.6) is 5.75 Å². The third-order valence-electron chi connectivity index (χ3n) is 9.27. The molecule has 0 radical (unpaired) electrons. The second kappa shape index (κ2) is 15.8. The average molecular weight is 599 g/mol. The molecule has 0 heterocycles. The van der Waals surface area contributed by atoms with Crippen LogP contribution in [-0.4, -0.2) is 47.0 Å². The van der Waals surface area contributed by atoms with Gasteiger partial charge in [0.15, 0.2) is 0 Å². The molecule has 0 aromatic heterocycles. The number of benzene rings is 3. The molecule has 1 atom stereocenters. The minimum absolute atomic E-state index is 0.0848. The fourth-order valence-electron chi connectivity index (χ4n) is 6.89. The Morgan fingerprint density at radius 3 is 1.80 bits per heavy atom. The van der Waals surface area contributed by atoms with Crippen molar-refractivity contribution in [1.82, 2.24) is 10.6 Å². The number of aryl methyl sites for hydroxylation is 1. The van der Waals surface area contributed by atoms with Crippen molar-refractivity contribution in [1.29, 1.82) is 0 Å². The molecule has 7 nitrogen and oxygen atoms in total. The van der Waals surface area contributed by atoms with Gasteiger partial charge in [0.05, 0.1) is 0 Å². The minimum atomic E-state index is -1.12. The SMILES string of the molecule is C1CCC(NC2CCCCC2)CC1.O=C(N[C@@H](CCc1ccc(O)cc1)C(=O)O)OCC1c2ccccc2-c2ccccc21. The fraction of sp³-hybridized carbons (Fsp3) is 0.459. The van der Waals surface area contributed by atoms with Gasteiger partial charge in [0.25, 0.3) is 0 Å². The van der Waals surface area contributed by atoms with Crippen LogP contribution in [0, 0.1) is 0 Å². The lowest BCUT2D eigenvalue weighted by Gasteiger charge is -2.30. The van der Waals surface area contributed by atoms with Crippen molar-refractivity contribution in [3.05, 3.63) is 89.5 Å². The number of rotatable bonds is 9.